The number of phosphoric acid groups is 1. The number of nitrogens with two attached hydrogens (primary N) is 1. The van der Waals surface area contributed by atoms with Gasteiger partial charge in [0.05, 0.1) is 13.2 Å². The first-order valence-corrected chi connectivity index (χ1v) is 15.0. The summed E-state index contributed by atoms with van der Waals surface area (Å²) in [5, 5.41) is 0. The van der Waals surface area contributed by atoms with Crippen LogP contribution in [0.2, 0.25) is 0 Å². The molecule has 208 valence electrons. The summed E-state index contributed by atoms with van der Waals surface area (Å²) in [6.45, 7) is 3.39. The third-order valence-corrected chi connectivity index (χ3v) is 6.45. The third kappa shape index (κ3) is 23.2. The van der Waals surface area contributed by atoms with Crippen LogP contribution in [0.4, 0.5) is 0 Å². The van der Waals surface area contributed by atoms with E-state index in [1.807, 2.05) is 0 Å². The van der Waals surface area contributed by atoms with E-state index in [2.05, 4.69) is 18.4 Å². The Balaban J connectivity index is 4.41. The molecule has 0 saturated carbocycles. The molecule has 0 radical (unpaired) electrons. The Labute approximate surface area is 212 Å². The standard InChI is InChI=1S/C25H50NO8P/c1-3-5-7-9-11-13-15-17-24(27)31-21-23(22-33-35(29,30)32-20-19-26)34-25(28)18-16-14-12-10-8-6-4-2/h23H,3-22,26H2,1-2H3,(H,29,30)/p-1/t23-/m1/s1. The molecule has 0 saturated heterocycles. The molecule has 2 atom stereocenters. The van der Waals surface area contributed by atoms with Gasteiger partial charge in [-0.15, -0.1) is 0 Å². The normalized spacial score (nSPS) is 13.8. The fraction of sp³-hybridized carbons (Fsp3) is 0.920. The van der Waals surface area contributed by atoms with Gasteiger partial charge in [0.25, 0.3) is 7.82 Å². The molecular weight excluding hydrogens is 473 g/mol. The number of carbonyl (C=O) groups is 2. The molecule has 0 amide bonds. The lowest BCUT2D eigenvalue weighted by Crippen LogP contribution is -2.30. The zero-order valence-corrected chi connectivity index (χ0v) is 22.9. The highest BCUT2D eigenvalue weighted by Crippen LogP contribution is 2.38. The second-order valence-electron chi connectivity index (χ2n) is 8.90. The number of carbonyl (C=O) groups excluding carboxylic acids is 2. The molecular formula is C25H49NO8P-. The minimum absolute atomic E-state index is 0.0165. The van der Waals surface area contributed by atoms with Gasteiger partial charge in [0.1, 0.15) is 6.61 Å². The SMILES string of the molecule is CCCCCCCCCC(=O)OC[C@H](COP(=O)([O-])OCCN)OC(=O)CCCCCCCCC. The summed E-state index contributed by atoms with van der Waals surface area (Å²) >= 11 is 0. The molecule has 0 aliphatic rings. The van der Waals surface area contributed by atoms with Crippen LogP contribution in [0.3, 0.4) is 0 Å². The smallest absolute Gasteiger partial charge is 0.306 e. The Kier molecular flexibility index (Phi) is 22.7. The first kappa shape index (κ1) is 34.0. The molecule has 35 heavy (non-hydrogen) atoms. The monoisotopic (exact) mass is 522 g/mol. The molecule has 9 nitrogen and oxygen atoms in total. The summed E-state index contributed by atoms with van der Waals surface area (Å²) in [6, 6.07) is 0. The second kappa shape index (κ2) is 23.4. The van der Waals surface area contributed by atoms with Crippen molar-refractivity contribution in [2.45, 2.75) is 123 Å². The van der Waals surface area contributed by atoms with E-state index in [1.165, 1.54) is 44.9 Å². The number of ether oxygens (including phenoxy) is 2. The van der Waals surface area contributed by atoms with Crippen molar-refractivity contribution in [3.63, 3.8) is 0 Å². The van der Waals surface area contributed by atoms with Crippen molar-refractivity contribution in [3.05, 3.63) is 0 Å². The van der Waals surface area contributed by atoms with E-state index in [4.69, 9.17) is 19.7 Å². The van der Waals surface area contributed by atoms with Crippen LogP contribution in [0, 0.1) is 0 Å². The Morgan fingerprint density at radius 2 is 1.23 bits per heavy atom. The Bertz CT molecular complexity index is 576. The van der Waals surface area contributed by atoms with E-state index >= 15 is 0 Å². The maximum atomic E-state index is 12.2. The van der Waals surface area contributed by atoms with E-state index in [0.717, 1.165) is 38.5 Å². The van der Waals surface area contributed by atoms with Gasteiger partial charge in [-0.3, -0.25) is 14.2 Å². The zero-order chi connectivity index (χ0) is 26.2. The van der Waals surface area contributed by atoms with Gasteiger partial charge in [0, 0.05) is 19.4 Å². The number of hydrogen-bond donors (Lipinski definition) is 1. The van der Waals surface area contributed by atoms with Crippen LogP contribution in [0.15, 0.2) is 0 Å². The van der Waals surface area contributed by atoms with E-state index in [1.54, 1.807) is 0 Å². The van der Waals surface area contributed by atoms with Crippen LogP contribution < -0.4 is 10.6 Å². The number of rotatable bonds is 25. The molecule has 0 bridgehead atoms. The molecule has 2 N–H and O–H groups in total. The highest BCUT2D eigenvalue weighted by Gasteiger charge is 2.20. The van der Waals surface area contributed by atoms with Crippen molar-refractivity contribution >= 4 is 19.8 Å². The van der Waals surface area contributed by atoms with Crippen LogP contribution in [0.5, 0.6) is 0 Å². The molecule has 0 aromatic heterocycles. The topological polar surface area (TPSA) is 137 Å². The molecule has 0 aromatic rings. The van der Waals surface area contributed by atoms with Crippen molar-refractivity contribution in [2.24, 2.45) is 5.73 Å². The van der Waals surface area contributed by atoms with Crippen LogP contribution >= 0.6 is 7.82 Å². The second-order valence-corrected chi connectivity index (χ2v) is 10.3. The highest BCUT2D eigenvalue weighted by molar-refractivity contribution is 7.45. The van der Waals surface area contributed by atoms with E-state index in [-0.39, 0.29) is 32.6 Å². The zero-order valence-electron chi connectivity index (χ0n) is 22.0. The minimum atomic E-state index is -4.59. The average Bonchev–Trinajstić information content (AvgIpc) is 2.83. The average molecular weight is 523 g/mol. The molecule has 0 heterocycles. The molecule has 0 aliphatic carbocycles. The molecule has 1 unspecified atom stereocenters. The molecule has 0 fully saturated rings. The van der Waals surface area contributed by atoms with Gasteiger partial charge in [-0.05, 0) is 12.8 Å². The molecule has 0 spiro atoms. The van der Waals surface area contributed by atoms with Crippen molar-refractivity contribution in [1.82, 2.24) is 0 Å². The minimum Gasteiger partial charge on any atom is -0.756 e. The first-order valence-electron chi connectivity index (χ1n) is 13.5. The Morgan fingerprint density at radius 3 is 1.74 bits per heavy atom. The van der Waals surface area contributed by atoms with Crippen LogP contribution in [-0.2, 0) is 32.7 Å². The quantitative estimate of drug-likeness (QED) is 0.0976. The predicted molar refractivity (Wildman–Crippen MR) is 135 cm³/mol. The van der Waals surface area contributed by atoms with Crippen LogP contribution in [-0.4, -0.2) is 44.4 Å². The Hall–Kier alpha value is -0.990. The fourth-order valence-corrected chi connectivity index (χ4v) is 4.20. The van der Waals surface area contributed by atoms with Gasteiger partial charge < -0.3 is 29.1 Å². The molecule has 0 aromatic carbocycles. The van der Waals surface area contributed by atoms with E-state index < -0.39 is 32.5 Å². The maximum absolute atomic E-state index is 12.2. The molecule has 0 aliphatic heterocycles. The largest absolute Gasteiger partial charge is 0.756 e. The summed E-state index contributed by atoms with van der Waals surface area (Å²) in [7, 11) is -4.59. The first-order chi connectivity index (χ1) is 16.8. The lowest BCUT2D eigenvalue weighted by molar-refractivity contribution is -0.228. The van der Waals surface area contributed by atoms with Crippen molar-refractivity contribution < 1.29 is 37.6 Å². The third-order valence-electron chi connectivity index (χ3n) is 5.48. The number of phosphoric ester groups is 1. The van der Waals surface area contributed by atoms with Crippen molar-refractivity contribution in [2.75, 3.05) is 26.4 Å². The number of unbranched alkanes of at least 4 members (excludes halogenated alkanes) is 12. The van der Waals surface area contributed by atoms with E-state index in [0.29, 0.717) is 6.42 Å². The number of esters is 2. The molecule has 0 rings (SSSR count). The van der Waals surface area contributed by atoms with Gasteiger partial charge in [-0.2, -0.15) is 0 Å². The van der Waals surface area contributed by atoms with Gasteiger partial charge in [-0.1, -0.05) is 90.9 Å². The Morgan fingerprint density at radius 1 is 0.743 bits per heavy atom. The number of hydrogen-bond acceptors (Lipinski definition) is 9. The van der Waals surface area contributed by atoms with Crippen LogP contribution in [0.25, 0.3) is 0 Å². The summed E-state index contributed by atoms with van der Waals surface area (Å²) in [5.74, 6) is -0.879. The highest BCUT2D eigenvalue weighted by atomic mass is 31.2. The molecule has 10 heteroatoms. The van der Waals surface area contributed by atoms with Crippen molar-refractivity contribution in [1.29, 1.82) is 0 Å². The maximum Gasteiger partial charge on any atom is 0.306 e. The van der Waals surface area contributed by atoms with Gasteiger partial charge in [0.2, 0.25) is 0 Å². The lowest BCUT2D eigenvalue weighted by atomic mass is 10.1. The summed E-state index contributed by atoms with van der Waals surface area (Å²) < 4.78 is 31.7. The predicted octanol–water partition coefficient (Wildman–Crippen LogP) is 5.18. The fourth-order valence-electron chi connectivity index (χ4n) is 3.45. The van der Waals surface area contributed by atoms with Gasteiger partial charge in [0.15, 0.2) is 6.10 Å². The van der Waals surface area contributed by atoms with Crippen molar-refractivity contribution in [3.8, 4) is 0 Å². The van der Waals surface area contributed by atoms with Gasteiger partial charge >= 0.3 is 11.9 Å². The van der Waals surface area contributed by atoms with Crippen LogP contribution in [0.1, 0.15) is 117 Å². The lowest BCUT2D eigenvalue weighted by Gasteiger charge is -2.25. The summed E-state index contributed by atoms with van der Waals surface area (Å²) in [4.78, 5) is 36.1. The van der Waals surface area contributed by atoms with E-state index in [9.17, 15) is 19.0 Å². The summed E-state index contributed by atoms with van der Waals surface area (Å²) in [6.07, 6.45) is 14.5. The summed E-state index contributed by atoms with van der Waals surface area (Å²) in [5.41, 5.74) is 5.24. The van der Waals surface area contributed by atoms with Gasteiger partial charge in [-0.25, -0.2) is 0 Å².